The lowest BCUT2D eigenvalue weighted by Crippen LogP contribution is -2.62. The summed E-state index contributed by atoms with van der Waals surface area (Å²) in [5, 5.41) is 102. The van der Waals surface area contributed by atoms with Gasteiger partial charge in [-0.15, -0.1) is 0 Å². The topological polar surface area (TPSA) is 279 Å². The zero-order valence-electron chi connectivity index (χ0n) is 23.4. The second kappa shape index (κ2) is 12.9. The first kappa shape index (κ1) is 32.6. The highest BCUT2D eigenvalue weighted by Crippen LogP contribution is 2.39. The highest BCUT2D eigenvalue weighted by Gasteiger charge is 2.48. The molecule has 2 aliphatic heterocycles. The molecule has 3 aromatic rings. The molecular formula is C28H32O17. The zero-order valence-corrected chi connectivity index (χ0v) is 23.4. The molecule has 2 aromatic carbocycles. The molecule has 0 saturated carbocycles. The van der Waals surface area contributed by atoms with Crippen LogP contribution in [0.1, 0.15) is 0 Å². The SMILES string of the molecule is COc1cc(-c2oc3cc(O)cc(O)c3c(=O)c2OC2OC(COC3OC(CO)C(O)C(O)C3O)C(O)C(O)C2O)ccc1O. The van der Waals surface area contributed by atoms with Crippen molar-refractivity contribution in [2.24, 2.45) is 0 Å². The number of aliphatic hydroxyl groups is 7. The van der Waals surface area contributed by atoms with Gasteiger partial charge < -0.3 is 79.2 Å². The van der Waals surface area contributed by atoms with Crippen LogP contribution in [0.4, 0.5) is 0 Å². The zero-order chi connectivity index (χ0) is 32.7. The van der Waals surface area contributed by atoms with Gasteiger partial charge >= 0.3 is 0 Å². The Kier molecular flexibility index (Phi) is 9.38. The summed E-state index contributed by atoms with van der Waals surface area (Å²) in [4.78, 5) is 13.7. The van der Waals surface area contributed by atoms with Crippen molar-refractivity contribution in [3.63, 3.8) is 0 Å². The number of hydrogen-bond acceptors (Lipinski definition) is 17. The van der Waals surface area contributed by atoms with E-state index >= 15 is 0 Å². The molecule has 1 aromatic heterocycles. The molecular weight excluding hydrogens is 608 g/mol. The van der Waals surface area contributed by atoms with Crippen molar-refractivity contribution in [2.75, 3.05) is 20.3 Å². The van der Waals surface area contributed by atoms with Crippen molar-refractivity contribution in [1.82, 2.24) is 0 Å². The lowest BCUT2D eigenvalue weighted by atomic mass is 9.98. The molecule has 0 radical (unpaired) electrons. The van der Waals surface area contributed by atoms with Gasteiger partial charge in [-0.2, -0.15) is 0 Å². The van der Waals surface area contributed by atoms with Crippen molar-refractivity contribution >= 4 is 11.0 Å². The van der Waals surface area contributed by atoms with E-state index in [0.717, 1.165) is 12.1 Å². The molecule has 0 spiro atoms. The first-order chi connectivity index (χ1) is 21.4. The predicted molar refractivity (Wildman–Crippen MR) is 146 cm³/mol. The summed E-state index contributed by atoms with van der Waals surface area (Å²) >= 11 is 0. The number of aliphatic hydroxyl groups excluding tert-OH is 7. The van der Waals surface area contributed by atoms with Crippen molar-refractivity contribution < 1.29 is 79.2 Å². The highest BCUT2D eigenvalue weighted by atomic mass is 16.7. The standard InChI is InChI=1S/C28H32O17/c1-40-13-4-9(2-3-11(13)31)25-26(20(35)17-12(32)5-10(30)6-14(17)42-25)45-28-24(39)22(37)19(34)16(44-28)8-41-27-23(38)21(36)18(33)15(7-29)43-27/h2-6,15-16,18-19,21-24,27-34,36-39H,7-8H2,1H3. The Morgan fingerprint density at radius 3 is 2.09 bits per heavy atom. The summed E-state index contributed by atoms with van der Waals surface area (Å²) in [7, 11) is 1.27. The van der Waals surface area contributed by atoms with Crippen LogP contribution in [0.25, 0.3) is 22.3 Å². The van der Waals surface area contributed by atoms with E-state index in [1.807, 2.05) is 0 Å². The molecule has 3 heterocycles. The van der Waals surface area contributed by atoms with Crippen molar-refractivity contribution in [3.8, 4) is 40.1 Å². The lowest BCUT2D eigenvalue weighted by Gasteiger charge is -2.42. The van der Waals surface area contributed by atoms with E-state index < -0.39 is 103 Å². The number of aromatic hydroxyl groups is 3. The van der Waals surface area contributed by atoms with Gasteiger partial charge in [-0.25, -0.2) is 0 Å². The van der Waals surface area contributed by atoms with Crippen LogP contribution in [0.5, 0.6) is 28.7 Å². The van der Waals surface area contributed by atoms with Gasteiger partial charge in [0, 0.05) is 17.7 Å². The Hall–Kier alpha value is -3.75. The van der Waals surface area contributed by atoms with Gasteiger partial charge in [0.05, 0.1) is 20.3 Å². The van der Waals surface area contributed by atoms with Crippen molar-refractivity contribution in [1.29, 1.82) is 0 Å². The van der Waals surface area contributed by atoms with Gasteiger partial charge in [0.25, 0.3) is 0 Å². The Balaban J connectivity index is 1.48. The summed E-state index contributed by atoms with van der Waals surface area (Å²) in [5.74, 6) is -2.38. The summed E-state index contributed by atoms with van der Waals surface area (Å²) in [5.41, 5.74) is -1.17. The molecule has 5 rings (SSSR count). The molecule has 10 unspecified atom stereocenters. The first-order valence-electron chi connectivity index (χ1n) is 13.5. The van der Waals surface area contributed by atoms with E-state index in [1.165, 1.54) is 25.3 Å². The number of phenols is 3. The highest BCUT2D eigenvalue weighted by molar-refractivity contribution is 5.88. The lowest BCUT2D eigenvalue weighted by molar-refractivity contribution is -0.323. The van der Waals surface area contributed by atoms with Crippen LogP contribution >= 0.6 is 0 Å². The fourth-order valence-electron chi connectivity index (χ4n) is 5.05. The maximum Gasteiger partial charge on any atom is 0.239 e. The third-order valence-electron chi connectivity index (χ3n) is 7.54. The average Bonchev–Trinajstić information content (AvgIpc) is 3.01. The molecule has 17 nitrogen and oxygen atoms in total. The quantitative estimate of drug-likeness (QED) is 0.123. The number of rotatable bonds is 8. The monoisotopic (exact) mass is 640 g/mol. The smallest absolute Gasteiger partial charge is 0.239 e. The maximum absolute atomic E-state index is 13.7. The summed E-state index contributed by atoms with van der Waals surface area (Å²) in [6.07, 6.45) is -17.3. The van der Waals surface area contributed by atoms with Gasteiger partial charge in [-0.3, -0.25) is 4.79 Å². The van der Waals surface area contributed by atoms with E-state index in [0.29, 0.717) is 0 Å². The summed E-state index contributed by atoms with van der Waals surface area (Å²) in [6.45, 7) is -1.39. The second-order valence-electron chi connectivity index (χ2n) is 10.5. The Morgan fingerprint density at radius 1 is 0.778 bits per heavy atom. The molecule has 2 saturated heterocycles. The normalized spacial score (nSPS) is 32.0. The Labute approximate surface area is 252 Å². The van der Waals surface area contributed by atoms with Crippen LogP contribution in [-0.2, 0) is 14.2 Å². The minimum Gasteiger partial charge on any atom is -0.508 e. The predicted octanol–water partition coefficient (Wildman–Crippen LogP) is -2.41. The molecule has 2 aliphatic rings. The molecule has 0 bridgehead atoms. The molecule has 45 heavy (non-hydrogen) atoms. The van der Waals surface area contributed by atoms with Gasteiger partial charge in [0.15, 0.2) is 23.5 Å². The first-order valence-corrected chi connectivity index (χ1v) is 13.5. The van der Waals surface area contributed by atoms with Crippen molar-refractivity contribution in [3.05, 3.63) is 40.6 Å². The molecule has 246 valence electrons. The Morgan fingerprint density at radius 2 is 1.42 bits per heavy atom. The van der Waals surface area contributed by atoms with Crippen LogP contribution < -0.4 is 14.9 Å². The van der Waals surface area contributed by atoms with Gasteiger partial charge in [0.1, 0.15) is 71.3 Å². The van der Waals surface area contributed by atoms with Crippen LogP contribution in [0, 0.1) is 0 Å². The maximum atomic E-state index is 13.7. The minimum atomic E-state index is -1.98. The molecule has 10 atom stereocenters. The van der Waals surface area contributed by atoms with Crippen LogP contribution in [0.15, 0.2) is 39.5 Å². The Bertz CT molecular complexity index is 1570. The fraction of sp³-hybridized carbons (Fsp3) is 0.464. The van der Waals surface area contributed by atoms with Gasteiger partial charge in [-0.1, -0.05) is 0 Å². The van der Waals surface area contributed by atoms with Gasteiger partial charge in [0.2, 0.25) is 17.5 Å². The number of ether oxygens (including phenoxy) is 5. The van der Waals surface area contributed by atoms with Gasteiger partial charge in [-0.05, 0) is 18.2 Å². The van der Waals surface area contributed by atoms with E-state index in [-0.39, 0.29) is 28.4 Å². The van der Waals surface area contributed by atoms with E-state index in [9.17, 15) is 55.9 Å². The third kappa shape index (κ3) is 6.10. The number of methoxy groups -OCH3 is 1. The van der Waals surface area contributed by atoms with E-state index in [2.05, 4.69) is 0 Å². The number of hydrogen-bond donors (Lipinski definition) is 10. The second-order valence-corrected chi connectivity index (χ2v) is 10.5. The molecule has 2 fully saturated rings. The fourth-order valence-corrected chi connectivity index (χ4v) is 5.05. The molecule has 0 aliphatic carbocycles. The number of phenolic OH excluding ortho intramolecular Hbond substituents is 3. The van der Waals surface area contributed by atoms with Crippen molar-refractivity contribution in [2.45, 2.75) is 61.4 Å². The third-order valence-corrected chi connectivity index (χ3v) is 7.54. The van der Waals surface area contributed by atoms with E-state index in [4.69, 9.17) is 28.1 Å². The average molecular weight is 641 g/mol. The van der Waals surface area contributed by atoms with Crippen LogP contribution in [-0.4, -0.2) is 133 Å². The molecule has 0 amide bonds. The summed E-state index contributed by atoms with van der Waals surface area (Å²) < 4.78 is 33.0. The summed E-state index contributed by atoms with van der Waals surface area (Å²) in [6, 6.07) is 5.76. The van der Waals surface area contributed by atoms with Crippen LogP contribution in [0.2, 0.25) is 0 Å². The van der Waals surface area contributed by atoms with E-state index in [1.54, 1.807) is 0 Å². The largest absolute Gasteiger partial charge is 0.508 e. The molecule has 10 N–H and O–H groups in total. The van der Waals surface area contributed by atoms with Crippen LogP contribution in [0.3, 0.4) is 0 Å². The number of benzene rings is 2. The number of fused-ring (bicyclic) bond motifs is 1. The minimum absolute atomic E-state index is 0.0298. The molecule has 17 heteroatoms.